The van der Waals surface area contributed by atoms with Crippen LogP contribution in [0.1, 0.15) is 16.7 Å². The molecule has 0 fully saturated rings. The van der Waals surface area contributed by atoms with Gasteiger partial charge in [0, 0.05) is 67.3 Å². The van der Waals surface area contributed by atoms with Crippen molar-refractivity contribution in [3.8, 4) is 80.1 Å². The van der Waals surface area contributed by atoms with E-state index >= 15 is 0 Å². The van der Waals surface area contributed by atoms with Gasteiger partial charge in [-0.2, -0.15) is 15.8 Å². The molecule has 0 aliphatic rings. The summed E-state index contributed by atoms with van der Waals surface area (Å²) in [5.41, 5.74) is 17.9. The molecule has 378 valence electrons. The van der Waals surface area contributed by atoms with Crippen LogP contribution in [0.3, 0.4) is 0 Å². The average molecular weight is 1040 g/mol. The Kier molecular flexibility index (Phi) is 12.9. The molecule has 0 unspecified atom stereocenters. The van der Waals surface area contributed by atoms with Crippen LogP contribution in [0, 0.1) is 34.0 Å². The number of benzene rings is 11. The normalized spacial score (nSPS) is 10.9. The van der Waals surface area contributed by atoms with Gasteiger partial charge in [0.25, 0.3) is 0 Å². The molecule has 13 aromatic rings. The second-order valence-electron chi connectivity index (χ2n) is 19.5. The molecule has 0 bridgehead atoms. The van der Waals surface area contributed by atoms with Gasteiger partial charge in [-0.15, -0.1) is 0 Å². The summed E-state index contributed by atoms with van der Waals surface area (Å²) in [6, 6.07) is 102. The minimum absolute atomic E-state index is 0.384. The fourth-order valence-electron chi connectivity index (χ4n) is 10.9. The molecule has 2 heterocycles. The Bertz CT molecular complexity index is 4300. The Balaban J connectivity index is 0.864. The average Bonchev–Trinajstić information content (AvgIpc) is 4.14. The molecule has 0 spiro atoms. The van der Waals surface area contributed by atoms with Gasteiger partial charge in [-0.3, -0.25) is 0 Å². The minimum Gasteiger partial charge on any atom is -0.310 e. The zero-order chi connectivity index (χ0) is 54.7. The van der Waals surface area contributed by atoms with E-state index in [1.807, 2.05) is 103 Å². The summed E-state index contributed by atoms with van der Waals surface area (Å²) < 4.78 is 2.35. The fourth-order valence-corrected chi connectivity index (χ4v) is 10.9. The van der Waals surface area contributed by atoms with Gasteiger partial charge in [-0.1, -0.05) is 152 Å². The number of hydrogen-bond donors (Lipinski definition) is 0. The summed E-state index contributed by atoms with van der Waals surface area (Å²) in [6.07, 6.45) is 0. The highest BCUT2D eigenvalue weighted by atomic mass is 15.1. The maximum Gasteiger partial charge on any atom is 0.161 e. The van der Waals surface area contributed by atoms with Crippen LogP contribution >= 0.6 is 0 Å². The van der Waals surface area contributed by atoms with E-state index in [-0.39, 0.29) is 0 Å². The van der Waals surface area contributed by atoms with E-state index in [4.69, 9.17) is 9.97 Å². The number of anilines is 6. The second kappa shape index (κ2) is 21.4. The van der Waals surface area contributed by atoms with Crippen molar-refractivity contribution >= 4 is 55.9 Å². The van der Waals surface area contributed by atoms with Crippen LogP contribution in [0.5, 0.6) is 0 Å². The zero-order valence-electron chi connectivity index (χ0n) is 43.6. The van der Waals surface area contributed by atoms with Crippen LogP contribution in [-0.2, 0) is 0 Å². The van der Waals surface area contributed by atoms with Gasteiger partial charge in [0.05, 0.1) is 57.3 Å². The van der Waals surface area contributed by atoms with Crippen LogP contribution in [0.4, 0.5) is 34.1 Å². The number of nitrogens with zero attached hydrogens (tertiary/aromatic N) is 8. The maximum atomic E-state index is 10.7. The molecular weight excluding hydrogens is 989 g/mol. The number of aromatic nitrogens is 3. The highest BCUT2D eigenvalue weighted by Gasteiger charge is 2.21. The molecule has 0 amide bonds. The minimum atomic E-state index is 0.384. The summed E-state index contributed by atoms with van der Waals surface area (Å²) in [7, 11) is 0. The Morgan fingerprint density at radius 2 is 0.716 bits per heavy atom. The van der Waals surface area contributed by atoms with Crippen LogP contribution in [0.25, 0.3) is 83.6 Å². The van der Waals surface area contributed by atoms with E-state index in [2.05, 4.69) is 196 Å². The number of nitriles is 3. The molecule has 0 saturated carbocycles. The molecule has 0 N–H and O–H groups in total. The lowest BCUT2D eigenvalue weighted by Gasteiger charge is -2.26. The Morgan fingerprint density at radius 1 is 0.296 bits per heavy atom. The van der Waals surface area contributed by atoms with E-state index in [0.717, 1.165) is 89.4 Å². The smallest absolute Gasteiger partial charge is 0.161 e. The largest absolute Gasteiger partial charge is 0.310 e. The number of para-hydroxylation sites is 4. The first-order chi connectivity index (χ1) is 40.0. The van der Waals surface area contributed by atoms with Gasteiger partial charge in [0.15, 0.2) is 5.82 Å². The summed E-state index contributed by atoms with van der Waals surface area (Å²) >= 11 is 0. The first-order valence-electron chi connectivity index (χ1n) is 26.6. The van der Waals surface area contributed by atoms with Gasteiger partial charge in [0.2, 0.25) is 0 Å². The summed E-state index contributed by atoms with van der Waals surface area (Å²) in [5, 5.41) is 32.9. The lowest BCUT2D eigenvalue weighted by molar-refractivity contribution is 1.18. The van der Waals surface area contributed by atoms with Gasteiger partial charge >= 0.3 is 0 Å². The lowest BCUT2D eigenvalue weighted by Crippen LogP contribution is -2.09. The highest BCUT2D eigenvalue weighted by molar-refractivity contribution is 6.12. The van der Waals surface area contributed by atoms with Gasteiger partial charge in [0.1, 0.15) is 0 Å². The molecule has 0 radical (unpaired) electrons. The first kappa shape index (κ1) is 49.0. The topological polar surface area (TPSA) is 109 Å². The molecule has 11 aromatic carbocycles. The molecule has 8 nitrogen and oxygen atoms in total. The van der Waals surface area contributed by atoms with Crippen molar-refractivity contribution in [1.29, 1.82) is 15.8 Å². The predicted octanol–water partition coefficient (Wildman–Crippen LogP) is 18.5. The predicted molar refractivity (Wildman–Crippen MR) is 327 cm³/mol. The van der Waals surface area contributed by atoms with Crippen LogP contribution in [0.15, 0.2) is 279 Å². The Morgan fingerprint density at radius 3 is 1.22 bits per heavy atom. The molecule has 8 heteroatoms. The Hall–Kier alpha value is -11.6. The number of hydrogen-bond acceptors (Lipinski definition) is 7. The van der Waals surface area contributed by atoms with E-state index in [9.17, 15) is 15.8 Å². The Labute approximate surface area is 469 Å². The highest BCUT2D eigenvalue weighted by Crippen LogP contribution is 2.43. The zero-order valence-corrected chi connectivity index (χ0v) is 43.6. The van der Waals surface area contributed by atoms with Crippen molar-refractivity contribution in [3.05, 3.63) is 296 Å². The fraction of sp³-hybridized carbons (Fsp3) is 0. The van der Waals surface area contributed by atoms with Crippen molar-refractivity contribution < 1.29 is 0 Å². The first-order valence-corrected chi connectivity index (χ1v) is 26.6. The number of rotatable bonds is 12. The van der Waals surface area contributed by atoms with Crippen molar-refractivity contribution in [3.63, 3.8) is 0 Å². The summed E-state index contributed by atoms with van der Waals surface area (Å²) in [4.78, 5) is 14.4. The van der Waals surface area contributed by atoms with Gasteiger partial charge in [-0.05, 0) is 150 Å². The molecule has 0 aliphatic heterocycles. The van der Waals surface area contributed by atoms with E-state index in [1.165, 1.54) is 0 Å². The number of fused-ring (bicyclic) bond motifs is 3. The molecule has 0 atom stereocenters. The lowest BCUT2D eigenvalue weighted by atomic mass is 9.94. The SMILES string of the molecule is N#Cc1cc(-c2ccc(-n3c4ccc(N(c5ccccc5)c5ccccc5)cc4c4cc(N(c5ccccc5)c5ccccc5)ccc43)cc2)ccc1-c1ccc(-c2cc(-c3ccccc3C#N)nc(-c3ccccc3C#N)n2)cc1. The molecular formula is C73H46N8. The monoisotopic (exact) mass is 1030 g/mol. The quantitative estimate of drug-likeness (QED) is 0.120. The van der Waals surface area contributed by atoms with Crippen LogP contribution < -0.4 is 9.80 Å². The molecule has 0 saturated heterocycles. The summed E-state index contributed by atoms with van der Waals surface area (Å²) in [6.45, 7) is 0. The third-order valence-corrected chi connectivity index (χ3v) is 14.7. The maximum absolute atomic E-state index is 10.7. The van der Waals surface area contributed by atoms with Crippen molar-refractivity contribution in [1.82, 2.24) is 14.5 Å². The van der Waals surface area contributed by atoms with Crippen LogP contribution in [0.2, 0.25) is 0 Å². The van der Waals surface area contributed by atoms with Gasteiger partial charge < -0.3 is 14.4 Å². The van der Waals surface area contributed by atoms with E-state index in [1.54, 1.807) is 12.1 Å². The molecule has 81 heavy (non-hydrogen) atoms. The van der Waals surface area contributed by atoms with Crippen molar-refractivity contribution in [2.45, 2.75) is 0 Å². The third-order valence-electron chi connectivity index (χ3n) is 14.7. The van der Waals surface area contributed by atoms with Crippen LogP contribution in [-0.4, -0.2) is 14.5 Å². The summed E-state index contributed by atoms with van der Waals surface area (Å²) in [5.74, 6) is 0.384. The van der Waals surface area contributed by atoms with Crippen molar-refractivity contribution in [2.24, 2.45) is 0 Å². The molecule has 13 rings (SSSR count). The third kappa shape index (κ3) is 9.36. The van der Waals surface area contributed by atoms with E-state index < -0.39 is 0 Å². The molecule has 2 aromatic heterocycles. The van der Waals surface area contributed by atoms with Gasteiger partial charge in [-0.25, -0.2) is 9.97 Å². The standard InChI is InChI=1S/C73H46N8/c74-47-54-17-13-15-27-65(54)70-46-69(77-73(78-70)66-28-16-14-18-55(66)48-75)52-31-29-51(30-32-52)64-40-35-53(43-56(64)49-76)50-33-36-61(37-34-50)81-71-41-38-62(79(57-19-5-1-6-20-57)58-21-7-2-8-22-58)44-67(71)68-45-63(39-42-72(68)81)80(59-23-9-3-10-24-59)60-25-11-4-12-26-60/h1-46H. The van der Waals surface area contributed by atoms with Crippen molar-refractivity contribution in [2.75, 3.05) is 9.80 Å². The van der Waals surface area contributed by atoms with E-state index in [0.29, 0.717) is 45.0 Å². The molecule has 0 aliphatic carbocycles. The second-order valence-corrected chi connectivity index (χ2v) is 19.5.